The van der Waals surface area contributed by atoms with Crippen LogP contribution < -0.4 is 5.32 Å². The van der Waals surface area contributed by atoms with E-state index in [4.69, 9.17) is 0 Å². The van der Waals surface area contributed by atoms with Gasteiger partial charge in [-0.05, 0) is 57.8 Å². The molecule has 5 nitrogen and oxygen atoms in total. The summed E-state index contributed by atoms with van der Waals surface area (Å²) in [5, 5.41) is 3.11. The van der Waals surface area contributed by atoms with Gasteiger partial charge in [0.1, 0.15) is 11.3 Å². The molecule has 2 aliphatic rings. The summed E-state index contributed by atoms with van der Waals surface area (Å²) in [7, 11) is 0. The van der Waals surface area contributed by atoms with Gasteiger partial charge in [0.25, 0.3) is 0 Å². The molecular weight excluding hydrogens is 319 g/mol. The Bertz CT molecular complexity index is 775. The molecule has 1 aromatic carbocycles. The quantitative estimate of drug-likeness (QED) is 0.907. The van der Waals surface area contributed by atoms with Crippen molar-refractivity contribution in [3.8, 4) is 0 Å². The molecule has 1 N–H and O–H groups in total. The van der Waals surface area contributed by atoms with Crippen molar-refractivity contribution in [1.29, 1.82) is 0 Å². The van der Waals surface area contributed by atoms with Gasteiger partial charge in [-0.25, -0.2) is 9.37 Å². The van der Waals surface area contributed by atoms with Crippen molar-refractivity contribution < 1.29 is 9.18 Å². The lowest BCUT2D eigenvalue weighted by molar-refractivity contribution is -0.126. The third-order valence-electron chi connectivity index (χ3n) is 5.37. The number of benzene rings is 1. The van der Waals surface area contributed by atoms with Crippen molar-refractivity contribution in [1.82, 2.24) is 19.8 Å². The van der Waals surface area contributed by atoms with Crippen LogP contribution in [0.1, 0.15) is 38.4 Å². The molecule has 4 rings (SSSR count). The molecule has 1 saturated carbocycles. The van der Waals surface area contributed by atoms with Crippen molar-refractivity contribution in [3.63, 3.8) is 0 Å². The van der Waals surface area contributed by atoms with Gasteiger partial charge in [-0.15, -0.1) is 0 Å². The minimum atomic E-state index is -0.263. The molecule has 2 aromatic rings. The summed E-state index contributed by atoms with van der Waals surface area (Å²) in [6.45, 7) is 5.31. The smallest absolute Gasteiger partial charge is 0.223 e. The first kappa shape index (κ1) is 16.5. The number of likely N-dealkylation sites (tertiary alicyclic amines) is 1. The fourth-order valence-corrected chi connectivity index (χ4v) is 3.73. The summed E-state index contributed by atoms with van der Waals surface area (Å²) < 4.78 is 16.1. The predicted octanol–water partition coefficient (Wildman–Crippen LogP) is 2.69. The van der Waals surface area contributed by atoms with Crippen LogP contribution in [0.15, 0.2) is 18.2 Å². The molecule has 25 heavy (non-hydrogen) atoms. The number of carbonyl (C=O) groups excluding carboxylic acids is 1. The first-order chi connectivity index (χ1) is 12.2. The maximum Gasteiger partial charge on any atom is 0.223 e. The molecule has 0 spiro atoms. The third-order valence-corrected chi connectivity index (χ3v) is 5.37. The van der Waals surface area contributed by atoms with Crippen LogP contribution in [0.3, 0.4) is 0 Å². The molecule has 1 amide bonds. The van der Waals surface area contributed by atoms with E-state index in [-0.39, 0.29) is 17.6 Å². The van der Waals surface area contributed by atoms with Gasteiger partial charge in [0.05, 0.1) is 12.1 Å². The molecule has 0 radical (unpaired) electrons. The Hall–Kier alpha value is -1.95. The standard InChI is InChI=1S/C19H25FN4O/c1-2-24-16-5-3-4-15(20)18(16)22-17(24)12-23-10-8-13(9-11-23)19(25)21-14-6-7-14/h3-5,13-14H,2,6-12H2,1H3,(H,21,25). The Morgan fingerprint density at radius 3 is 2.72 bits per heavy atom. The van der Waals surface area contributed by atoms with Crippen molar-refractivity contribution >= 4 is 16.9 Å². The molecule has 0 bridgehead atoms. The number of aryl methyl sites for hydroxylation is 1. The number of nitrogens with zero attached hydrogens (tertiary/aromatic N) is 3. The number of rotatable bonds is 5. The molecule has 0 unspecified atom stereocenters. The molecule has 134 valence electrons. The minimum absolute atomic E-state index is 0.138. The maximum atomic E-state index is 14.0. The second kappa shape index (κ2) is 6.75. The molecule has 2 fully saturated rings. The number of imidazole rings is 1. The number of hydrogen-bond acceptors (Lipinski definition) is 3. The average Bonchev–Trinajstić information content (AvgIpc) is 3.35. The third kappa shape index (κ3) is 3.40. The average molecular weight is 344 g/mol. The highest BCUT2D eigenvalue weighted by molar-refractivity contribution is 5.79. The molecule has 6 heteroatoms. The monoisotopic (exact) mass is 344 g/mol. The van der Waals surface area contributed by atoms with Gasteiger partial charge in [-0.3, -0.25) is 9.69 Å². The number of para-hydroxylation sites is 1. The van der Waals surface area contributed by atoms with Gasteiger partial charge in [-0.1, -0.05) is 6.07 Å². The van der Waals surface area contributed by atoms with Gasteiger partial charge in [0.15, 0.2) is 5.82 Å². The summed E-state index contributed by atoms with van der Waals surface area (Å²) in [5.74, 6) is 1.01. The van der Waals surface area contributed by atoms with Gasteiger partial charge in [0.2, 0.25) is 5.91 Å². The van der Waals surface area contributed by atoms with Crippen LogP contribution in [0.4, 0.5) is 4.39 Å². The number of halogens is 1. The van der Waals surface area contributed by atoms with E-state index >= 15 is 0 Å². The Morgan fingerprint density at radius 1 is 1.28 bits per heavy atom. The Kier molecular flexibility index (Phi) is 4.46. The normalized spacial score (nSPS) is 19.4. The van der Waals surface area contributed by atoms with E-state index in [1.165, 1.54) is 6.07 Å². The number of piperidine rings is 1. The fraction of sp³-hybridized carbons (Fsp3) is 0.579. The van der Waals surface area contributed by atoms with Crippen LogP contribution in [-0.4, -0.2) is 39.5 Å². The lowest BCUT2D eigenvalue weighted by Crippen LogP contribution is -2.41. The Labute approximate surface area is 147 Å². The summed E-state index contributed by atoms with van der Waals surface area (Å²) in [6, 6.07) is 5.56. The fourth-order valence-electron chi connectivity index (χ4n) is 3.73. The summed E-state index contributed by atoms with van der Waals surface area (Å²) >= 11 is 0. The lowest BCUT2D eigenvalue weighted by atomic mass is 9.96. The van der Waals surface area contributed by atoms with Gasteiger partial charge >= 0.3 is 0 Å². The van der Waals surface area contributed by atoms with E-state index in [1.54, 1.807) is 6.07 Å². The van der Waals surface area contributed by atoms with E-state index in [9.17, 15) is 9.18 Å². The predicted molar refractivity (Wildman–Crippen MR) is 94.5 cm³/mol. The van der Waals surface area contributed by atoms with Crippen LogP contribution in [0, 0.1) is 11.7 Å². The second-order valence-corrected chi connectivity index (χ2v) is 7.21. The number of carbonyl (C=O) groups is 1. The number of nitrogens with one attached hydrogen (secondary N) is 1. The number of hydrogen-bond donors (Lipinski definition) is 1. The summed E-state index contributed by atoms with van der Waals surface area (Å²) in [6.07, 6.45) is 4.04. The van der Waals surface area contributed by atoms with Crippen LogP contribution >= 0.6 is 0 Å². The largest absolute Gasteiger partial charge is 0.353 e. The zero-order valence-electron chi connectivity index (χ0n) is 14.7. The Morgan fingerprint density at radius 2 is 2.04 bits per heavy atom. The van der Waals surface area contributed by atoms with Crippen molar-refractivity contribution in [2.24, 2.45) is 5.92 Å². The van der Waals surface area contributed by atoms with E-state index in [2.05, 4.69) is 26.7 Å². The molecule has 2 heterocycles. The number of fused-ring (bicyclic) bond motifs is 1. The lowest BCUT2D eigenvalue weighted by Gasteiger charge is -2.31. The SMILES string of the molecule is CCn1c(CN2CCC(C(=O)NC3CC3)CC2)nc2c(F)cccc21. The highest BCUT2D eigenvalue weighted by Gasteiger charge is 2.30. The Balaban J connectivity index is 1.42. The molecule has 1 aliphatic carbocycles. The van der Waals surface area contributed by atoms with Crippen molar-refractivity contribution in [2.45, 2.75) is 51.7 Å². The molecule has 0 atom stereocenters. The van der Waals surface area contributed by atoms with Gasteiger partial charge < -0.3 is 9.88 Å². The van der Waals surface area contributed by atoms with Crippen LogP contribution in [-0.2, 0) is 17.9 Å². The molecule has 1 aliphatic heterocycles. The second-order valence-electron chi connectivity index (χ2n) is 7.21. The minimum Gasteiger partial charge on any atom is -0.353 e. The molecular formula is C19H25FN4O. The first-order valence-corrected chi connectivity index (χ1v) is 9.32. The maximum absolute atomic E-state index is 14.0. The highest BCUT2D eigenvalue weighted by atomic mass is 19.1. The van der Waals surface area contributed by atoms with Gasteiger partial charge in [0, 0.05) is 18.5 Å². The summed E-state index contributed by atoms with van der Waals surface area (Å²) in [5.41, 5.74) is 1.31. The van der Waals surface area contributed by atoms with E-state index in [0.717, 1.165) is 56.7 Å². The van der Waals surface area contributed by atoms with E-state index in [1.807, 2.05) is 6.07 Å². The highest BCUT2D eigenvalue weighted by Crippen LogP contribution is 2.25. The zero-order chi connectivity index (χ0) is 17.4. The zero-order valence-corrected chi connectivity index (χ0v) is 14.7. The van der Waals surface area contributed by atoms with Crippen LogP contribution in [0.25, 0.3) is 11.0 Å². The van der Waals surface area contributed by atoms with Crippen molar-refractivity contribution in [3.05, 3.63) is 29.8 Å². The van der Waals surface area contributed by atoms with Crippen LogP contribution in [0.5, 0.6) is 0 Å². The summed E-state index contributed by atoms with van der Waals surface area (Å²) in [4.78, 5) is 19.1. The van der Waals surface area contributed by atoms with E-state index < -0.39 is 0 Å². The number of aromatic nitrogens is 2. The topological polar surface area (TPSA) is 50.2 Å². The van der Waals surface area contributed by atoms with E-state index in [0.29, 0.717) is 18.1 Å². The molecule has 1 saturated heterocycles. The first-order valence-electron chi connectivity index (χ1n) is 9.32. The van der Waals surface area contributed by atoms with Crippen molar-refractivity contribution in [2.75, 3.05) is 13.1 Å². The molecule has 1 aromatic heterocycles. The van der Waals surface area contributed by atoms with Gasteiger partial charge in [-0.2, -0.15) is 0 Å². The number of amides is 1. The van der Waals surface area contributed by atoms with Crippen LogP contribution in [0.2, 0.25) is 0 Å².